The minimum atomic E-state index is -0.903. The van der Waals surface area contributed by atoms with E-state index in [4.69, 9.17) is 5.11 Å². The molecule has 3 rings (SSSR count). The number of hydrogen-bond acceptors (Lipinski definition) is 4. The van der Waals surface area contributed by atoms with E-state index in [1.807, 2.05) is 31.4 Å². The van der Waals surface area contributed by atoms with Crippen LogP contribution >= 0.6 is 11.3 Å². The zero-order valence-electron chi connectivity index (χ0n) is 11.5. The summed E-state index contributed by atoms with van der Waals surface area (Å²) in [4.78, 5) is 17.4. The average Bonchev–Trinajstić information content (AvgIpc) is 2.96. The van der Waals surface area contributed by atoms with Crippen LogP contribution < -0.4 is 4.90 Å². The summed E-state index contributed by atoms with van der Waals surface area (Å²) in [6, 6.07) is 11.0. The number of benzene rings is 1. The predicted octanol–water partition coefficient (Wildman–Crippen LogP) is 3.63. The van der Waals surface area contributed by atoms with Crippen LogP contribution in [0.15, 0.2) is 48.0 Å². The molecule has 0 aliphatic rings. The molecule has 2 heterocycles. The Balaban J connectivity index is 1.84. The number of thiophene rings is 1. The number of aromatic carboxylic acids is 1. The Hall–Kier alpha value is -2.40. The molecule has 4 nitrogen and oxygen atoms in total. The number of pyridine rings is 1. The van der Waals surface area contributed by atoms with E-state index >= 15 is 0 Å². The Morgan fingerprint density at radius 1 is 1.24 bits per heavy atom. The molecule has 0 bridgehead atoms. The Labute approximate surface area is 126 Å². The van der Waals surface area contributed by atoms with E-state index in [1.165, 1.54) is 4.70 Å². The van der Waals surface area contributed by atoms with Gasteiger partial charge in [0.1, 0.15) is 5.82 Å². The summed E-state index contributed by atoms with van der Waals surface area (Å²) in [6.45, 7) is 0.682. The van der Waals surface area contributed by atoms with Gasteiger partial charge in [-0.15, -0.1) is 11.3 Å². The maximum atomic E-state index is 10.9. The summed E-state index contributed by atoms with van der Waals surface area (Å²) in [5.41, 5.74) is 1.36. The monoisotopic (exact) mass is 298 g/mol. The molecular weight excluding hydrogens is 284 g/mol. The summed E-state index contributed by atoms with van der Waals surface area (Å²) in [7, 11) is 1.99. The van der Waals surface area contributed by atoms with Gasteiger partial charge in [-0.3, -0.25) is 0 Å². The quantitative estimate of drug-likeness (QED) is 0.799. The van der Waals surface area contributed by atoms with E-state index < -0.39 is 5.97 Å². The lowest BCUT2D eigenvalue weighted by Gasteiger charge is -2.19. The molecule has 0 radical (unpaired) electrons. The van der Waals surface area contributed by atoms with Crippen LogP contribution in [0.5, 0.6) is 0 Å². The van der Waals surface area contributed by atoms with E-state index in [9.17, 15) is 4.79 Å². The van der Waals surface area contributed by atoms with Crippen molar-refractivity contribution in [2.75, 3.05) is 11.9 Å². The van der Waals surface area contributed by atoms with E-state index in [1.54, 1.807) is 23.5 Å². The fraction of sp³-hybridized carbons (Fsp3) is 0.125. The van der Waals surface area contributed by atoms with Crippen molar-refractivity contribution >= 4 is 33.2 Å². The standard InChI is InChI=1S/C16H14N2O2S/c1-18(10-11-2-4-12(5-3-11)16(19)20)15-13-7-9-21-14(13)6-8-17-15/h2-9H,10H2,1H3,(H,19,20). The Morgan fingerprint density at radius 3 is 2.71 bits per heavy atom. The number of fused-ring (bicyclic) bond motifs is 1. The molecule has 21 heavy (non-hydrogen) atoms. The Kier molecular flexibility index (Phi) is 3.58. The largest absolute Gasteiger partial charge is 0.478 e. The lowest BCUT2D eigenvalue weighted by atomic mass is 10.1. The van der Waals surface area contributed by atoms with Crippen LogP contribution in [0.3, 0.4) is 0 Å². The molecular formula is C16H14N2O2S. The van der Waals surface area contributed by atoms with Gasteiger partial charge in [-0.25, -0.2) is 9.78 Å². The maximum absolute atomic E-state index is 10.9. The number of rotatable bonds is 4. The number of aromatic nitrogens is 1. The third-order valence-electron chi connectivity index (χ3n) is 3.34. The molecule has 0 saturated heterocycles. The van der Waals surface area contributed by atoms with Gasteiger partial charge in [-0.1, -0.05) is 12.1 Å². The second-order valence-electron chi connectivity index (χ2n) is 4.83. The molecule has 0 spiro atoms. The normalized spacial score (nSPS) is 10.7. The van der Waals surface area contributed by atoms with Gasteiger partial charge in [0.05, 0.1) is 5.56 Å². The maximum Gasteiger partial charge on any atom is 0.335 e. The first kappa shape index (κ1) is 13.6. The van der Waals surface area contributed by atoms with Crippen molar-refractivity contribution in [2.24, 2.45) is 0 Å². The smallest absolute Gasteiger partial charge is 0.335 e. The molecule has 0 aliphatic carbocycles. The van der Waals surface area contributed by atoms with Crippen LogP contribution in [0.2, 0.25) is 0 Å². The summed E-state index contributed by atoms with van der Waals surface area (Å²) in [6.07, 6.45) is 1.82. The second-order valence-corrected chi connectivity index (χ2v) is 5.77. The molecule has 2 aromatic heterocycles. The van der Waals surface area contributed by atoms with Crippen molar-refractivity contribution < 1.29 is 9.90 Å². The van der Waals surface area contributed by atoms with Gasteiger partial charge in [0.25, 0.3) is 0 Å². The third-order valence-corrected chi connectivity index (χ3v) is 4.22. The average molecular weight is 298 g/mol. The van der Waals surface area contributed by atoms with Crippen LogP contribution in [-0.2, 0) is 6.54 Å². The molecule has 106 valence electrons. The molecule has 3 aromatic rings. The zero-order chi connectivity index (χ0) is 14.8. The topological polar surface area (TPSA) is 53.4 Å². The molecule has 0 atom stereocenters. The van der Waals surface area contributed by atoms with Crippen molar-refractivity contribution in [1.82, 2.24) is 4.98 Å². The van der Waals surface area contributed by atoms with Crippen molar-refractivity contribution in [3.63, 3.8) is 0 Å². The number of carbonyl (C=O) groups is 1. The first-order valence-electron chi connectivity index (χ1n) is 6.51. The molecule has 0 saturated carbocycles. The molecule has 0 amide bonds. The summed E-state index contributed by atoms with van der Waals surface area (Å²) < 4.78 is 1.22. The molecule has 0 aliphatic heterocycles. The summed E-state index contributed by atoms with van der Waals surface area (Å²) in [5, 5.41) is 12.1. The molecule has 0 fully saturated rings. The van der Waals surface area contributed by atoms with Gasteiger partial charge in [-0.2, -0.15) is 0 Å². The van der Waals surface area contributed by atoms with Crippen LogP contribution in [0, 0.1) is 0 Å². The SMILES string of the molecule is CN(Cc1ccc(C(=O)O)cc1)c1nccc2sccc12. The minimum absolute atomic E-state index is 0.305. The van der Waals surface area contributed by atoms with E-state index in [2.05, 4.69) is 21.3 Å². The molecule has 1 aromatic carbocycles. The Bertz CT molecular complexity index is 780. The van der Waals surface area contributed by atoms with Crippen LogP contribution in [-0.4, -0.2) is 23.1 Å². The molecule has 0 unspecified atom stereocenters. The van der Waals surface area contributed by atoms with Crippen LogP contribution in [0.4, 0.5) is 5.82 Å². The van der Waals surface area contributed by atoms with E-state index in [-0.39, 0.29) is 0 Å². The zero-order valence-corrected chi connectivity index (χ0v) is 12.3. The number of carboxylic acids is 1. The lowest BCUT2D eigenvalue weighted by molar-refractivity contribution is 0.0697. The summed E-state index contributed by atoms with van der Waals surface area (Å²) in [5.74, 6) is 0.0377. The highest BCUT2D eigenvalue weighted by Crippen LogP contribution is 2.28. The first-order chi connectivity index (χ1) is 10.1. The predicted molar refractivity (Wildman–Crippen MR) is 85.1 cm³/mol. The van der Waals surface area contributed by atoms with Crippen molar-refractivity contribution in [3.8, 4) is 0 Å². The van der Waals surface area contributed by atoms with Gasteiger partial charge in [0.15, 0.2) is 0 Å². The fourth-order valence-electron chi connectivity index (χ4n) is 2.29. The fourth-order valence-corrected chi connectivity index (χ4v) is 3.06. The van der Waals surface area contributed by atoms with Crippen LogP contribution in [0.1, 0.15) is 15.9 Å². The number of anilines is 1. The highest BCUT2D eigenvalue weighted by atomic mass is 32.1. The number of hydrogen-bond donors (Lipinski definition) is 1. The lowest BCUT2D eigenvalue weighted by Crippen LogP contribution is -2.17. The van der Waals surface area contributed by atoms with Gasteiger partial charge >= 0.3 is 5.97 Å². The second kappa shape index (κ2) is 5.54. The van der Waals surface area contributed by atoms with Crippen molar-refractivity contribution in [1.29, 1.82) is 0 Å². The first-order valence-corrected chi connectivity index (χ1v) is 7.39. The Morgan fingerprint density at radius 2 is 2.00 bits per heavy atom. The minimum Gasteiger partial charge on any atom is -0.478 e. The van der Waals surface area contributed by atoms with Gasteiger partial charge in [-0.05, 0) is 35.2 Å². The molecule has 1 N–H and O–H groups in total. The van der Waals surface area contributed by atoms with Gasteiger partial charge in [0.2, 0.25) is 0 Å². The van der Waals surface area contributed by atoms with Crippen molar-refractivity contribution in [2.45, 2.75) is 6.54 Å². The molecule has 5 heteroatoms. The highest BCUT2D eigenvalue weighted by Gasteiger charge is 2.09. The van der Waals surface area contributed by atoms with Crippen molar-refractivity contribution in [3.05, 3.63) is 59.1 Å². The van der Waals surface area contributed by atoms with E-state index in [0.717, 1.165) is 16.8 Å². The highest BCUT2D eigenvalue weighted by molar-refractivity contribution is 7.17. The van der Waals surface area contributed by atoms with Crippen LogP contribution in [0.25, 0.3) is 10.1 Å². The number of nitrogens with zero attached hydrogens (tertiary/aromatic N) is 2. The van der Waals surface area contributed by atoms with Gasteiger partial charge < -0.3 is 10.0 Å². The van der Waals surface area contributed by atoms with E-state index in [0.29, 0.717) is 12.1 Å². The number of carboxylic acid groups (broad SMARTS) is 1. The third kappa shape index (κ3) is 2.73. The summed E-state index contributed by atoms with van der Waals surface area (Å²) >= 11 is 1.70. The van der Waals surface area contributed by atoms with Gasteiger partial charge in [0, 0.05) is 29.9 Å².